The van der Waals surface area contributed by atoms with E-state index in [2.05, 4.69) is 10.2 Å². The number of rotatable bonds is 6. The van der Waals surface area contributed by atoms with E-state index < -0.39 is 0 Å². The van der Waals surface area contributed by atoms with Crippen molar-refractivity contribution in [3.63, 3.8) is 0 Å². The summed E-state index contributed by atoms with van der Waals surface area (Å²) in [5, 5.41) is 17.7. The van der Waals surface area contributed by atoms with E-state index in [1.807, 2.05) is 11.5 Å². The maximum absolute atomic E-state index is 11.9. The van der Waals surface area contributed by atoms with E-state index >= 15 is 0 Å². The van der Waals surface area contributed by atoms with Crippen LogP contribution < -0.4 is 0 Å². The van der Waals surface area contributed by atoms with Gasteiger partial charge in [-0.1, -0.05) is 11.8 Å². The summed E-state index contributed by atoms with van der Waals surface area (Å²) in [6, 6.07) is 0.367. The van der Waals surface area contributed by atoms with Crippen LogP contribution in [0.4, 0.5) is 0 Å². The number of nitrogens with zero attached hydrogens (tertiary/aromatic N) is 4. The Morgan fingerprint density at radius 3 is 3.06 bits per heavy atom. The van der Waals surface area contributed by atoms with Gasteiger partial charge in [0.1, 0.15) is 6.33 Å². The quantitative estimate of drug-likeness (QED) is 0.764. The van der Waals surface area contributed by atoms with Crippen LogP contribution in [-0.2, 0) is 4.79 Å². The third kappa shape index (κ3) is 3.02. The second-order valence-electron chi connectivity index (χ2n) is 4.58. The number of thioether (sulfide) groups is 1. The Balaban J connectivity index is 1.87. The molecule has 1 aliphatic rings. The lowest BCUT2D eigenvalue weighted by molar-refractivity contribution is -0.129. The molecular formula is C11H18N4O2S. The first-order valence-electron chi connectivity index (χ1n) is 6.02. The molecule has 0 aliphatic heterocycles. The van der Waals surface area contributed by atoms with E-state index in [-0.39, 0.29) is 18.6 Å². The molecule has 0 bridgehead atoms. The Kier molecular flexibility index (Phi) is 4.23. The largest absolute Gasteiger partial charge is 0.394 e. The molecule has 1 saturated carbocycles. The maximum atomic E-state index is 11.9. The number of hydrogen-bond acceptors (Lipinski definition) is 5. The van der Waals surface area contributed by atoms with Gasteiger partial charge in [0.25, 0.3) is 0 Å². The second-order valence-corrected chi connectivity index (χ2v) is 5.52. The first-order chi connectivity index (χ1) is 8.63. The maximum Gasteiger partial charge on any atom is 0.233 e. The Hall–Kier alpha value is -1.08. The van der Waals surface area contributed by atoms with Crippen LogP contribution in [0.5, 0.6) is 0 Å². The van der Waals surface area contributed by atoms with Crippen LogP contribution in [0.3, 0.4) is 0 Å². The molecule has 2 rings (SSSR count). The Bertz CT molecular complexity index is 419. The lowest BCUT2D eigenvalue weighted by Gasteiger charge is -2.22. The molecule has 1 amide bonds. The molecule has 7 heteroatoms. The van der Waals surface area contributed by atoms with Crippen LogP contribution in [0, 0.1) is 0 Å². The first-order valence-corrected chi connectivity index (χ1v) is 7.01. The van der Waals surface area contributed by atoms with E-state index in [1.165, 1.54) is 24.6 Å². The highest BCUT2D eigenvalue weighted by molar-refractivity contribution is 7.99. The van der Waals surface area contributed by atoms with Crippen molar-refractivity contribution in [1.29, 1.82) is 0 Å². The van der Waals surface area contributed by atoms with Gasteiger partial charge in [0.15, 0.2) is 5.16 Å². The molecule has 1 aromatic heterocycles. The average molecular weight is 270 g/mol. The van der Waals surface area contributed by atoms with Crippen molar-refractivity contribution in [2.45, 2.75) is 37.0 Å². The van der Waals surface area contributed by atoms with Crippen LogP contribution >= 0.6 is 11.8 Å². The van der Waals surface area contributed by atoms with Gasteiger partial charge in [-0.3, -0.25) is 4.79 Å². The van der Waals surface area contributed by atoms with Gasteiger partial charge in [-0.15, -0.1) is 10.2 Å². The molecule has 1 aromatic rings. The Morgan fingerprint density at radius 2 is 2.44 bits per heavy atom. The molecule has 0 radical (unpaired) electrons. The van der Waals surface area contributed by atoms with Crippen molar-refractivity contribution in [1.82, 2.24) is 19.7 Å². The van der Waals surface area contributed by atoms with Gasteiger partial charge in [-0.25, -0.2) is 0 Å². The zero-order valence-electron chi connectivity index (χ0n) is 10.6. The number of aromatic nitrogens is 3. The van der Waals surface area contributed by atoms with Crippen molar-refractivity contribution >= 4 is 17.7 Å². The van der Waals surface area contributed by atoms with E-state index in [9.17, 15) is 4.79 Å². The number of carbonyl (C=O) groups is 1. The number of aliphatic hydroxyl groups excluding tert-OH is 1. The van der Waals surface area contributed by atoms with Gasteiger partial charge in [0.05, 0.1) is 18.4 Å². The van der Waals surface area contributed by atoms with E-state index in [0.29, 0.717) is 11.8 Å². The van der Waals surface area contributed by atoms with Crippen molar-refractivity contribution in [3.05, 3.63) is 6.33 Å². The predicted octanol–water partition coefficient (Wildman–Crippen LogP) is 0.544. The van der Waals surface area contributed by atoms with Crippen molar-refractivity contribution in [2.75, 3.05) is 19.4 Å². The molecule has 1 heterocycles. The van der Waals surface area contributed by atoms with Gasteiger partial charge in [0.2, 0.25) is 5.91 Å². The fourth-order valence-corrected chi connectivity index (χ4v) is 2.44. The third-order valence-corrected chi connectivity index (χ3v) is 4.07. The summed E-state index contributed by atoms with van der Waals surface area (Å²) >= 11 is 1.40. The lowest BCUT2D eigenvalue weighted by atomic mass is 10.3. The Labute approximate surface area is 110 Å². The van der Waals surface area contributed by atoms with E-state index in [0.717, 1.165) is 5.16 Å². The molecule has 1 aliphatic carbocycles. The minimum absolute atomic E-state index is 0.00750. The summed E-state index contributed by atoms with van der Waals surface area (Å²) in [4.78, 5) is 13.4. The minimum atomic E-state index is -0.153. The lowest BCUT2D eigenvalue weighted by Crippen LogP contribution is -2.38. The monoisotopic (exact) mass is 270 g/mol. The molecule has 1 fully saturated rings. The number of amides is 1. The fraction of sp³-hybridized carbons (Fsp3) is 0.727. The highest BCUT2D eigenvalue weighted by atomic mass is 32.2. The summed E-state index contributed by atoms with van der Waals surface area (Å²) in [7, 11) is 1.70. The highest BCUT2D eigenvalue weighted by Gasteiger charge is 2.26. The van der Waals surface area contributed by atoms with Crippen LogP contribution in [0.25, 0.3) is 0 Å². The standard InChI is InChI=1S/C11H18N4O2S/c1-8(5-16)14(2)10(17)6-18-11-13-12-7-15(11)9-3-4-9/h7-9,16H,3-6H2,1-2H3. The van der Waals surface area contributed by atoms with E-state index in [4.69, 9.17) is 5.11 Å². The van der Waals surface area contributed by atoms with Crippen molar-refractivity contribution < 1.29 is 9.90 Å². The zero-order chi connectivity index (χ0) is 13.1. The van der Waals surface area contributed by atoms with Crippen molar-refractivity contribution in [2.24, 2.45) is 0 Å². The molecule has 18 heavy (non-hydrogen) atoms. The molecule has 6 nitrogen and oxygen atoms in total. The first kappa shape index (κ1) is 13.4. The molecule has 1 unspecified atom stereocenters. The molecule has 0 spiro atoms. The summed E-state index contributed by atoms with van der Waals surface area (Å²) in [5.74, 6) is 0.318. The van der Waals surface area contributed by atoms with Crippen LogP contribution in [-0.4, -0.2) is 56.1 Å². The fourth-order valence-electron chi connectivity index (χ4n) is 1.53. The topological polar surface area (TPSA) is 71.2 Å². The molecule has 1 atom stereocenters. The third-order valence-electron chi connectivity index (χ3n) is 3.12. The summed E-state index contributed by atoms with van der Waals surface area (Å²) in [5.41, 5.74) is 0. The van der Waals surface area contributed by atoms with Gasteiger partial charge in [-0.05, 0) is 19.8 Å². The summed E-state index contributed by atoms with van der Waals surface area (Å²) in [6.45, 7) is 1.79. The second kappa shape index (κ2) is 5.71. The normalized spacial score (nSPS) is 16.6. The zero-order valence-corrected chi connectivity index (χ0v) is 11.4. The average Bonchev–Trinajstić information content (AvgIpc) is 3.13. The number of likely N-dealkylation sites (N-methyl/N-ethyl adjacent to an activating group) is 1. The molecule has 1 N–H and O–H groups in total. The van der Waals surface area contributed by atoms with Crippen LogP contribution in [0.2, 0.25) is 0 Å². The highest BCUT2D eigenvalue weighted by Crippen LogP contribution is 2.37. The smallest absolute Gasteiger partial charge is 0.233 e. The van der Waals surface area contributed by atoms with Crippen LogP contribution in [0.15, 0.2) is 11.5 Å². The summed E-state index contributed by atoms with van der Waals surface area (Å²) in [6.07, 6.45) is 4.06. The Morgan fingerprint density at radius 1 is 1.72 bits per heavy atom. The molecule has 0 saturated heterocycles. The van der Waals surface area contributed by atoms with Gasteiger partial charge in [-0.2, -0.15) is 0 Å². The number of carbonyl (C=O) groups excluding carboxylic acids is 1. The van der Waals surface area contributed by atoms with Crippen molar-refractivity contribution in [3.8, 4) is 0 Å². The number of hydrogen-bond donors (Lipinski definition) is 1. The molecular weight excluding hydrogens is 252 g/mol. The summed E-state index contributed by atoms with van der Waals surface area (Å²) < 4.78 is 2.04. The van der Waals surface area contributed by atoms with Crippen LogP contribution in [0.1, 0.15) is 25.8 Å². The predicted molar refractivity (Wildman–Crippen MR) is 68.3 cm³/mol. The number of aliphatic hydroxyl groups is 1. The van der Waals surface area contributed by atoms with E-state index in [1.54, 1.807) is 18.3 Å². The van der Waals surface area contributed by atoms with Gasteiger partial charge in [0, 0.05) is 13.1 Å². The molecule has 100 valence electrons. The molecule has 0 aromatic carbocycles. The van der Waals surface area contributed by atoms with Gasteiger partial charge >= 0.3 is 0 Å². The minimum Gasteiger partial charge on any atom is -0.394 e. The SMILES string of the molecule is CC(CO)N(C)C(=O)CSc1nncn1C1CC1. The van der Waals surface area contributed by atoms with Gasteiger partial charge < -0.3 is 14.6 Å².